The summed E-state index contributed by atoms with van der Waals surface area (Å²) in [5.41, 5.74) is 2.10. The average molecular weight is 391 g/mol. The summed E-state index contributed by atoms with van der Waals surface area (Å²) < 4.78 is 26.0. The molecule has 2 aromatic rings. The molecule has 27 heavy (non-hydrogen) atoms. The SMILES string of the molecule is CN(C)c1ccc(S(=O)(=O)N(C)C)cc1NC(=O)CN(C)c1ccccc1. The molecule has 0 aliphatic rings. The van der Waals surface area contributed by atoms with E-state index >= 15 is 0 Å². The molecule has 8 heteroatoms. The second-order valence-electron chi connectivity index (χ2n) is 6.60. The van der Waals surface area contributed by atoms with Gasteiger partial charge < -0.3 is 15.1 Å². The fourth-order valence-electron chi connectivity index (χ4n) is 2.56. The zero-order valence-corrected chi connectivity index (χ0v) is 17.1. The van der Waals surface area contributed by atoms with Crippen molar-refractivity contribution in [2.75, 3.05) is 56.9 Å². The highest BCUT2D eigenvalue weighted by Crippen LogP contribution is 2.28. The number of likely N-dealkylation sites (N-methyl/N-ethyl adjacent to an activating group) is 1. The van der Waals surface area contributed by atoms with Gasteiger partial charge >= 0.3 is 0 Å². The predicted molar refractivity (Wildman–Crippen MR) is 110 cm³/mol. The maximum atomic E-state index is 12.5. The Morgan fingerprint density at radius 2 is 1.59 bits per heavy atom. The topological polar surface area (TPSA) is 73.0 Å². The van der Waals surface area contributed by atoms with Crippen LogP contribution in [0.1, 0.15) is 0 Å². The summed E-state index contributed by atoms with van der Waals surface area (Å²) in [6.07, 6.45) is 0. The molecule has 2 aromatic carbocycles. The maximum absolute atomic E-state index is 12.5. The molecule has 0 unspecified atom stereocenters. The number of hydrogen-bond acceptors (Lipinski definition) is 5. The summed E-state index contributed by atoms with van der Waals surface area (Å²) >= 11 is 0. The minimum atomic E-state index is -3.59. The lowest BCUT2D eigenvalue weighted by molar-refractivity contribution is -0.114. The number of amides is 1. The molecule has 0 atom stereocenters. The fraction of sp³-hybridized carbons (Fsp3) is 0.316. The zero-order chi connectivity index (χ0) is 20.2. The first-order valence-corrected chi connectivity index (χ1v) is 9.87. The number of nitrogens with one attached hydrogen (secondary N) is 1. The highest BCUT2D eigenvalue weighted by molar-refractivity contribution is 7.89. The van der Waals surface area contributed by atoms with Crippen molar-refractivity contribution in [2.45, 2.75) is 4.90 Å². The van der Waals surface area contributed by atoms with Crippen LogP contribution in [0.3, 0.4) is 0 Å². The lowest BCUT2D eigenvalue weighted by atomic mass is 10.2. The van der Waals surface area contributed by atoms with E-state index in [0.29, 0.717) is 5.69 Å². The van der Waals surface area contributed by atoms with Gasteiger partial charge in [-0.3, -0.25) is 4.79 Å². The lowest BCUT2D eigenvalue weighted by Crippen LogP contribution is -2.30. The van der Waals surface area contributed by atoms with Gasteiger partial charge in [-0.25, -0.2) is 12.7 Å². The van der Waals surface area contributed by atoms with E-state index in [0.717, 1.165) is 15.7 Å². The molecule has 0 aromatic heterocycles. The minimum Gasteiger partial charge on any atom is -0.376 e. The number of nitrogens with zero attached hydrogens (tertiary/aromatic N) is 3. The number of rotatable bonds is 7. The number of anilines is 3. The van der Waals surface area contributed by atoms with Crippen LogP contribution in [0.5, 0.6) is 0 Å². The molecule has 1 N–H and O–H groups in total. The van der Waals surface area contributed by atoms with E-state index < -0.39 is 10.0 Å². The van der Waals surface area contributed by atoms with E-state index in [1.54, 1.807) is 6.07 Å². The third-order valence-electron chi connectivity index (χ3n) is 4.08. The maximum Gasteiger partial charge on any atom is 0.243 e. The van der Waals surface area contributed by atoms with Crippen molar-refractivity contribution in [1.29, 1.82) is 0 Å². The lowest BCUT2D eigenvalue weighted by Gasteiger charge is -2.22. The first kappa shape index (κ1) is 20.7. The molecule has 0 saturated heterocycles. The summed E-state index contributed by atoms with van der Waals surface area (Å²) in [6, 6.07) is 14.3. The molecule has 0 bridgehead atoms. The number of carbonyl (C=O) groups excluding carboxylic acids is 1. The van der Waals surface area contributed by atoms with Gasteiger partial charge in [-0.1, -0.05) is 18.2 Å². The molecule has 0 radical (unpaired) electrons. The summed E-state index contributed by atoms with van der Waals surface area (Å²) in [4.78, 5) is 16.3. The fourth-order valence-corrected chi connectivity index (χ4v) is 3.48. The predicted octanol–water partition coefficient (Wildman–Crippen LogP) is 2.08. The first-order chi connectivity index (χ1) is 12.6. The summed E-state index contributed by atoms with van der Waals surface area (Å²) in [5, 5.41) is 2.84. The number of hydrogen-bond donors (Lipinski definition) is 1. The van der Waals surface area contributed by atoms with Crippen molar-refractivity contribution in [3.63, 3.8) is 0 Å². The molecular weight excluding hydrogens is 364 g/mol. The Bertz CT molecular complexity index is 896. The second-order valence-corrected chi connectivity index (χ2v) is 8.75. The van der Waals surface area contributed by atoms with Gasteiger partial charge in [-0.2, -0.15) is 0 Å². The van der Waals surface area contributed by atoms with Crippen molar-refractivity contribution in [3.05, 3.63) is 48.5 Å². The molecule has 0 aliphatic heterocycles. The van der Waals surface area contributed by atoms with Crippen LogP contribution in [-0.2, 0) is 14.8 Å². The Morgan fingerprint density at radius 3 is 2.15 bits per heavy atom. The first-order valence-electron chi connectivity index (χ1n) is 8.43. The number of carbonyl (C=O) groups is 1. The molecule has 7 nitrogen and oxygen atoms in total. The highest BCUT2D eigenvalue weighted by Gasteiger charge is 2.20. The molecule has 0 fully saturated rings. The molecular formula is C19H26N4O3S. The number of sulfonamides is 1. The monoisotopic (exact) mass is 390 g/mol. The largest absolute Gasteiger partial charge is 0.376 e. The normalized spacial score (nSPS) is 11.3. The molecule has 0 spiro atoms. The van der Waals surface area contributed by atoms with Gasteiger partial charge in [-0.05, 0) is 30.3 Å². The summed E-state index contributed by atoms with van der Waals surface area (Å²) in [7, 11) is 4.86. The van der Waals surface area contributed by atoms with Gasteiger partial charge in [0.1, 0.15) is 0 Å². The van der Waals surface area contributed by atoms with E-state index in [2.05, 4.69) is 5.32 Å². The average Bonchev–Trinajstić information content (AvgIpc) is 2.61. The Hall–Kier alpha value is -2.58. The Kier molecular flexibility index (Phi) is 6.45. The van der Waals surface area contributed by atoms with Crippen LogP contribution in [-0.4, -0.2) is 60.4 Å². The van der Waals surface area contributed by atoms with Gasteiger partial charge in [0.15, 0.2) is 0 Å². The number of benzene rings is 2. The van der Waals surface area contributed by atoms with Crippen molar-refractivity contribution < 1.29 is 13.2 Å². The molecule has 2 rings (SSSR count). The molecule has 0 heterocycles. The quantitative estimate of drug-likeness (QED) is 0.784. The van der Waals surface area contributed by atoms with Gasteiger partial charge in [-0.15, -0.1) is 0 Å². The molecule has 0 aliphatic carbocycles. The highest BCUT2D eigenvalue weighted by atomic mass is 32.2. The van der Waals surface area contributed by atoms with Gasteiger partial charge in [0.25, 0.3) is 0 Å². The van der Waals surface area contributed by atoms with Crippen LogP contribution >= 0.6 is 0 Å². The Morgan fingerprint density at radius 1 is 0.963 bits per heavy atom. The van der Waals surface area contributed by atoms with E-state index in [4.69, 9.17) is 0 Å². The summed E-state index contributed by atoms with van der Waals surface area (Å²) in [6.45, 7) is 0.140. The standard InChI is InChI=1S/C19H26N4O3S/c1-21(2)18-12-11-16(27(25,26)22(3)4)13-17(18)20-19(24)14-23(5)15-9-7-6-8-10-15/h6-13H,14H2,1-5H3,(H,20,24). The molecule has 146 valence electrons. The van der Waals surface area contributed by atoms with E-state index in [-0.39, 0.29) is 17.3 Å². The van der Waals surface area contributed by atoms with E-state index in [1.807, 2.05) is 61.3 Å². The number of para-hydroxylation sites is 1. The third-order valence-corrected chi connectivity index (χ3v) is 5.89. The minimum absolute atomic E-state index is 0.129. The Balaban J connectivity index is 2.26. The third kappa shape index (κ3) is 4.99. The van der Waals surface area contributed by atoms with Crippen molar-refractivity contribution in [3.8, 4) is 0 Å². The van der Waals surface area contributed by atoms with Crippen LogP contribution in [0, 0.1) is 0 Å². The van der Waals surface area contributed by atoms with E-state index in [1.165, 1.54) is 26.2 Å². The smallest absolute Gasteiger partial charge is 0.243 e. The second kappa shape index (κ2) is 8.41. The van der Waals surface area contributed by atoms with Gasteiger partial charge in [0.05, 0.1) is 22.8 Å². The van der Waals surface area contributed by atoms with Crippen LogP contribution in [0.25, 0.3) is 0 Å². The van der Waals surface area contributed by atoms with Crippen molar-refractivity contribution in [2.24, 2.45) is 0 Å². The van der Waals surface area contributed by atoms with E-state index in [9.17, 15) is 13.2 Å². The van der Waals surface area contributed by atoms with Gasteiger partial charge in [0.2, 0.25) is 15.9 Å². The Labute approximate surface area is 161 Å². The molecule has 1 amide bonds. The zero-order valence-electron chi connectivity index (χ0n) is 16.3. The molecule has 0 saturated carbocycles. The van der Waals surface area contributed by atoms with Crippen LogP contribution in [0.15, 0.2) is 53.4 Å². The van der Waals surface area contributed by atoms with Crippen LogP contribution < -0.4 is 15.1 Å². The van der Waals surface area contributed by atoms with Crippen molar-refractivity contribution in [1.82, 2.24) is 4.31 Å². The van der Waals surface area contributed by atoms with Crippen LogP contribution in [0.4, 0.5) is 17.1 Å². The van der Waals surface area contributed by atoms with Crippen molar-refractivity contribution >= 4 is 33.0 Å². The van der Waals surface area contributed by atoms with Crippen LogP contribution in [0.2, 0.25) is 0 Å². The summed E-state index contributed by atoms with van der Waals surface area (Å²) in [5.74, 6) is -0.233. The van der Waals surface area contributed by atoms with Gasteiger partial charge in [0, 0.05) is 40.9 Å².